The molecule has 0 radical (unpaired) electrons. The lowest BCUT2D eigenvalue weighted by Crippen LogP contribution is -2.33. The molecule has 0 fully saturated rings. The van der Waals surface area contributed by atoms with Gasteiger partial charge in [0.1, 0.15) is 11.5 Å². The van der Waals surface area contributed by atoms with Crippen LogP contribution in [0.1, 0.15) is 5.56 Å². The molecule has 0 amide bonds. The Hall–Kier alpha value is -2.27. The van der Waals surface area contributed by atoms with Crippen LogP contribution in [0.15, 0.2) is 42.5 Å². The maximum Gasteiger partial charge on any atom is 0.177 e. The Morgan fingerprint density at radius 2 is 1.77 bits per heavy atom. The molecule has 0 aromatic heterocycles. The second kappa shape index (κ2) is 6.23. The molecule has 1 aliphatic heterocycles. The molecule has 0 bridgehead atoms. The number of nitrogens with one attached hydrogen (secondary N) is 1. The molecule has 0 spiro atoms. The van der Waals surface area contributed by atoms with Gasteiger partial charge in [0.05, 0.1) is 14.2 Å². The lowest BCUT2D eigenvalue weighted by atomic mass is 10.2. The molecular weight excluding hydrogens is 296 g/mol. The van der Waals surface area contributed by atoms with Crippen molar-refractivity contribution in [1.82, 2.24) is 0 Å². The van der Waals surface area contributed by atoms with Crippen molar-refractivity contribution in [3.05, 3.63) is 48.0 Å². The highest BCUT2D eigenvalue weighted by atomic mass is 32.1. The van der Waals surface area contributed by atoms with Crippen LogP contribution in [0.5, 0.6) is 11.5 Å². The first kappa shape index (κ1) is 14.7. The molecule has 2 aromatic rings. The Balaban J connectivity index is 1.81. The van der Waals surface area contributed by atoms with E-state index < -0.39 is 0 Å². The minimum atomic E-state index is 0.681. The number of hydrogen-bond acceptors (Lipinski definition) is 3. The third-order valence-corrected chi connectivity index (χ3v) is 4.06. The van der Waals surface area contributed by atoms with Crippen LogP contribution in [0.4, 0.5) is 11.4 Å². The predicted octanol–water partition coefficient (Wildman–Crippen LogP) is 3.46. The summed E-state index contributed by atoms with van der Waals surface area (Å²) in [7, 11) is 3.27. The Labute approximate surface area is 135 Å². The van der Waals surface area contributed by atoms with Gasteiger partial charge in [-0.3, -0.25) is 0 Å². The summed E-state index contributed by atoms with van der Waals surface area (Å²) in [6, 6.07) is 14.0. The quantitative estimate of drug-likeness (QED) is 0.878. The molecule has 3 rings (SSSR count). The summed E-state index contributed by atoms with van der Waals surface area (Å²) in [4.78, 5) is 2.12. The van der Waals surface area contributed by atoms with E-state index in [0.717, 1.165) is 30.2 Å². The van der Waals surface area contributed by atoms with Gasteiger partial charge in [-0.25, -0.2) is 0 Å². The van der Waals surface area contributed by atoms with Gasteiger partial charge in [0.2, 0.25) is 0 Å². The van der Waals surface area contributed by atoms with Crippen LogP contribution in [-0.4, -0.2) is 25.9 Å². The number of benzene rings is 2. The highest BCUT2D eigenvalue weighted by Gasteiger charge is 2.21. The predicted molar refractivity (Wildman–Crippen MR) is 93.3 cm³/mol. The Bertz CT molecular complexity index is 681. The van der Waals surface area contributed by atoms with E-state index in [0.29, 0.717) is 5.11 Å². The van der Waals surface area contributed by atoms with E-state index in [4.69, 9.17) is 21.7 Å². The van der Waals surface area contributed by atoms with E-state index in [2.05, 4.69) is 28.4 Å². The Morgan fingerprint density at radius 3 is 2.45 bits per heavy atom. The molecule has 0 aliphatic carbocycles. The highest BCUT2D eigenvalue weighted by Crippen LogP contribution is 2.30. The molecule has 0 saturated heterocycles. The number of nitrogens with zero attached hydrogens (tertiary/aromatic N) is 1. The van der Waals surface area contributed by atoms with Gasteiger partial charge < -0.3 is 19.7 Å². The zero-order valence-electron chi connectivity index (χ0n) is 12.6. The molecule has 4 nitrogen and oxygen atoms in total. The zero-order valence-corrected chi connectivity index (χ0v) is 13.4. The monoisotopic (exact) mass is 314 g/mol. The number of anilines is 2. The van der Waals surface area contributed by atoms with Gasteiger partial charge in [-0.15, -0.1) is 0 Å². The summed E-state index contributed by atoms with van der Waals surface area (Å²) < 4.78 is 10.6. The fourth-order valence-electron chi connectivity index (χ4n) is 2.62. The normalized spacial score (nSPS) is 12.7. The van der Waals surface area contributed by atoms with Crippen molar-refractivity contribution in [2.75, 3.05) is 31.0 Å². The standard InChI is InChI=1S/C17H18N2O2S/c1-20-14-9-13(10-15(11-14)21-2)18-17(22)19-8-7-12-5-3-4-6-16(12)19/h3-6,9-11H,7-8H2,1-2H3,(H,18,22). The van der Waals surface area contributed by atoms with E-state index in [9.17, 15) is 0 Å². The third-order valence-electron chi connectivity index (χ3n) is 3.74. The minimum absolute atomic E-state index is 0.681. The van der Waals surface area contributed by atoms with Crippen molar-refractivity contribution < 1.29 is 9.47 Å². The van der Waals surface area contributed by atoms with Crippen molar-refractivity contribution in [2.45, 2.75) is 6.42 Å². The summed E-state index contributed by atoms with van der Waals surface area (Å²) >= 11 is 5.56. The number of ether oxygens (including phenoxy) is 2. The molecular formula is C17H18N2O2S. The van der Waals surface area contributed by atoms with E-state index in [1.165, 1.54) is 11.3 Å². The van der Waals surface area contributed by atoms with Crippen molar-refractivity contribution in [1.29, 1.82) is 0 Å². The molecule has 2 aromatic carbocycles. The van der Waals surface area contributed by atoms with Gasteiger partial charge in [0.25, 0.3) is 0 Å². The van der Waals surface area contributed by atoms with Gasteiger partial charge >= 0.3 is 0 Å². The zero-order chi connectivity index (χ0) is 15.5. The maximum atomic E-state index is 5.56. The maximum absolute atomic E-state index is 5.56. The first-order valence-electron chi connectivity index (χ1n) is 7.11. The number of para-hydroxylation sites is 1. The van der Waals surface area contributed by atoms with Crippen molar-refractivity contribution in [2.24, 2.45) is 0 Å². The van der Waals surface area contributed by atoms with Gasteiger partial charge in [0.15, 0.2) is 5.11 Å². The highest BCUT2D eigenvalue weighted by molar-refractivity contribution is 7.80. The Morgan fingerprint density at radius 1 is 1.09 bits per heavy atom. The minimum Gasteiger partial charge on any atom is -0.497 e. The molecule has 1 aliphatic rings. The molecule has 5 heteroatoms. The van der Waals surface area contributed by atoms with Crippen molar-refractivity contribution in [3.63, 3.8) is 0 Å². The number of rotatable bonds is 3. The molecule has 0 unspecified atom stereocenters. The summed E-state index contributed by atoms with van der Waals surface area (Å²) in [5.74, 6) is 1.46. The molecule has 1 N–H and O–H groups in total. The van der Waals surface area contributed by atoms with Gasteiger partial charge in [0, 0.05) is 36.1 Å². The lowest BCUT2D eigenvalue weighted by molar-refractivity contribution is 0.395. The van der Waals surface area contributed by atoms with Crippen LogP contribution in [0.25, 0.3) is 0 Å². The summed E-state index contributed by atoms with van der Waals surface area (Å²) in [6.07, 6.45) is 1.01. The Kier molecular flexibility index (Phi) is 4.15. The lowest BCUT2D eigenvalue weighted by Gasteiger charge is -2.21. The van der Waals surface area contributed by atoms with Crippen LogP contribution in [0.2, 0.25) is 0 Å². The van der Waals surface area contributed by atoms with Crippen molar-refractivity contribution >= 4 is 28.7 Å². The van der Waals surface area contributed by atoms with E-state index in [1.54, 1.807) is 14.2 Å². The molecule has 22 heavy (non-hydrogen) atoms. The number of hydrogen-bond donors (Lipinski definition) is 1. The fourth-order valence-corrected chi connectivity index (χ4v) is 2.93. The first-order valence-corrected chi connectivity index (χ1v) is 7.51. The average Bonchev–Trinajstić information content (AvgIpc) is 2.98. The van der Waals surface area contributed by atoms with Crippen LogP contribution in [0.3, 0.4) is 0 Å². The SMILES string of the molecule is COc1cc(NC(=S)N2CCc3ccccc32)cc(OC)c1. The molecule has 114 valence electrons. The summed E-state index contributed by atoms with van der Waals surface area (Å²) in [6.45, 7) is 0.895. The smallest absolute Gasteiger partial charge is 0.177 e. The molecule has 0 atom stereocenters. The summed E-state index contributed by atoms with van der Waals surface area (Å²) in [5.41, 5.74) is 3.36. The summed E-state index contributed by atoms with van der Waals surface area (Å²) in [5, 5.41) is 3.95. The number of fused-ring (bicyclic) bond motifs is 1. The van der Waals surface area contributed by atoms with Crippen LogP contribution < -0.4 is 19.7 Å². The van der Waals surface area contributed by atoms with Gasteiger partial charge in [-0.05, 0) is 30.3 Å². The van der Waals surface area contributed by atoms with E-state index >= 15 is 0 Å². The number of thiocarbonyl (C=S) groups is 1. The largest absolute Gasteiger partial charge is 0.497 e. The molecule has 0 saturated carbocycles. The van der Waals surface area contributed by atoms with E-state index in [-0.39, 0.29) is 0 Å². The van der Waals surface area contributed by atoms with Crippen molar-refractivity contribution in [3.8, 4) is 11.5 Å². The van der Waals surface area contributed by atoms with Gasteiger partial charge in [-0.2, -0.15) is 0 Å². The fraction of sp³-hybridized carbons (Fsp3) is 0.235. The average molecular weight is 314 g/mol. The van der Waals surface area contributed by atoms with Crippen LogP contribution in [0, 0.1) is 0 Å². The van der Waals surface area contributed by atoms with E-state index in [1.807, 2.05) is 24.3 Å². The topological polar surface area (TPSA) is 33.7 Å². The van der Waals surface area contributed by atoms with Crippen LogP contribution in [-0.2, 0) is 6.42 Å². The second-order valence-electron chi connectivity index (χ2n) is 5.06. The first-order chi connectivity index (χ1) is 10.7. The number of methoxy groups -OCH3 is 2. The van der Waals surface area contributed by atoms with Crippen LogP contribution >= 0.6 is 12.2 Å². The third kappa shape index (κ3) is 2.85. The second-order valence-corrected chi connectivity index (χ2v) is 5.45. The van der Waals surface area contributed by atoms with Gasteiger partial charge in [-0.1, -0.05) is 18.2 Å². The molecule has 1 heterocycles.